The van der Waals surface area contributed by atoms with Crippen LogP contribution in [0, 0.1) is 6.92 Å². The first kappa shape index (κ1) is 16.8. The number of carbonyl (C=O) groups excluding carboxylic acids is 2. The Hall–Kier alpha value is -1.53. The zero-order valence-corrected chi connectivity index (χ0v) is 13.7. The maximum Gasteiger partial charge on any atom is 0.232 e. The van der Waals surface area contributed by atoms with Crippen LogP contribution in [0.2, 0.25) is 0 Å². The number of benzene rings is 1. The monoisotopic (exact) mass is 322 g/mol. The van der Waals surface area contributed by atoms with Gasteiger partial charge in [0.1, 0.15) is 0 Å². The molecule has 0 unspecified atom stereocenters. The molecule has 6 heteroatoms. The number of thioether (sulfide) groups is 1. The molecule has 1 aromatic carbocycles. The van der Waals surface area contributed by atoms with E-state index in [9.17, 15) is 9.59 Å². The lowest BCUT2D eigenvalue weighted by Crippen LogP contribution is -2.41. The average molecular weight is 322 g/mol. The van der Waals surface area contributed by atoms with Gasteiger partial charge in [-0.15, -0.1) is 11.8 Å². The highest BCUT2D eigenvalue weighted by molar-refractivity contribution is 8.00. The average Bonchev–Trinajstić information content (AvgIpc) is 2.55. The van der Waals surface area contributed by atoms with Crippen LogP contribution >= 0.6 is 11.8 Å². The van der Waals surface area contributed by atoms with Gasteiger partial charge in [-0.2, -0.15) is 0 Å². The number of hydrogen-bond donors (Lipinski definition) is 1. The fourth-order valence-corrected chi connectivity index (χ4v) is 2.84. The second-order valence-electron chi connectivity index (χ2n) is 5.25. The summed E-state index contributed by atoms with van der Waals surface area (Å²) in [4.78, 5) is 25.5. The second-order valence-corrected chi connectivity index (χ2v) is 6.23. The lowest BCUT2D eigenvalue weighted by atomic mass is 10.1. The third kappa shape index (κ3) is 5.69. The van der Waals surface area contributed by atoms with Crippen LogP contribution in [-0.4, -0.2) is 54.5 Å². The number of nitrogens with one attached hydrogen (secondary N) is 1. The molecule has 0 saturated carbocycles. The topological polar surface area (TPSA) is 58.6 Å². The van der Waals surface area contributed by atoms with E-state index in [4.69, 9.17) is 4.74 Å². The molecular weight excluding hydrogens is 300 g/mol. The van der Waals surface area contributed by atoms with Gasteiger partial charge in [-0.25, -0.2) is 0 Å². The molecule has 0 bridgehead atoms. The zero-order chi connectivity index (χ0) is 15.8. The van der Waals surface area contributed by atoms with Crippen LogP contribution in [0.15, 0.2) is 24.3 Å². The van der Waals surface area contributed by atoms with E-state index in [2.05, 4.69) is 5.32 Å². The van der Waals surface area contributed by atoms with Crippen molar-refractivity contribution in [2.45, 2.75) is 13.5 Å². The summed E-state index contributed by atoms with van der Waals surface area (Å²) in [5.74, 6) is 0.694. The van der Waals surface area contributed by atoms with Crippen LogP contribution in [-0.2, 0) is 20.9 Å². The predicted molar refractivity (Wildman–Crippen MR) is 87.7 cm³/mol. The molecular formula is C16H22N2O3S. The molecule has 0 radical (unpaired) electrons. The van der Waals surface area contributed by atoms with Crippen molar-refractivity contribution in [3.05, 3.63) is 35.4 Å². The molecule has 1 heterocycles. The number of rotatable bonds is 6. The molecule has 0 spiro atoms. The summed E-state index contributed by atoms with van der Waals surface area (Å²) in [5, 5.41) is 2.87. The van der Waals surface area contributed by atoms with Gasteiger partial charge in [0, 0.05) is 19.6 Å². The van der Waals surface area contributed by atoms with Crippen molar-refractivity contribution < 1.29 is 14.3 Å². The molecule has 5 nitrogen and oxygen atoms in total. The summed E-state index contributed by atoms with van der Waals surface area (Å²) in [6, 6.07) is 8.06. The van der Waals surface area contributed by atoms with Gasteiger partial charge in [0.2, 0.25) is 11.8 Å². The van der Waals surface area contributed by atoms with Gasteiger partial charge < -0.3 is 15.0 Å². The molecule has 1 aliphatic rings. The molecule has 0 aromatic heterocycles. The molecule has 22 heavy (non-hydrogen) atoms. The molecule has 2 amide bonds. The first-order valence-corrected chi connectivity index (χ1v) is 8.56. The van der Waals surface area contributed by atoms with E-state index in [1.807, 2.05) is 31.2 Å². The second kappa shape index (κ2) is 8.80. The first-order valence-electron chi connectivity index (χ1n) is 7.40. The van der Waals surface area contributed by atoms with Crippen molar-refractivity contribution >= 4 is 23.6 Å². The molecule has 1 aliphatic heterocycles. The summed E-state index contributed by atoms with van der Waals surface area (Å²) in [6.07, 6.45) is 0. The zero-order valence-electron chi connectivity index (χ0n) is 12.8. The van der Waals surface area contributed by atoms with Crippen LogP contribution in [0.4, 0.5) is 0 Å². The number of ether oxygens (including phenoxy) is 1. The number of amides is 2. The minimum absolute atomic E-state index is 0.0413. The predicted octanol–water partition coefficient (Wildman–Crippen LogP) is 1.20. The normalized spacial score (nSPS) is 14.7. The molecule has 120 valence electrons. The van der Waals surface area contributed by atoms with Gasteiger partial charge in [-0.3, -0.25) is 9.59 Å². The Bertz CT molecular complexity index is 499. The van der Waals surface area contributed by atoms with Crippen molar-refractivity contribution in [1.82, 2.24) is 10.2 Å². The van der Waals surface area contributed by atoms with Crippen molar-refractivity contribution in [1.29, 1.82) is 0 Å². The molecule has 1 N–H and O–H groups in total. The van der Waals surface area contributed by atoms with Gasteiger partial charge in [0.05, 0.1) is 24.7 Å². The van der Waals surface area contributed by atoms with E-state index >= 15 is 0 Å². The third-order valence-electron chi connectivity index (χ3n) is 3.43. The number of aryl methyl sites for hydroxylation is 1. The highest BCUT2D eigenvalue weighted by Gasteiger charge is 2.16. The number of carbonyl (C=O) groups is 2. The highest BCUT2D eigenvalue weighted by Crippen LogP contribution is 2.06. The van der Waals surface area contributed by atoms with Gasteiger partial charge in [0.25, 0.3) is 0 Å². The first-order chi connectivity index (χ1) is 10.6. The summed E-state index contributed by atoms with van der Waals surface area (Å²) < 4.78 is 5.21. The number of morpholine rings is 1. The summed E-state index contributed by atoms with van der Waals surface area (Å²) in [5.41, 5.74) is 2.28. The van der Waals surface area contributed by atoms with Crippen molar-refractivity contribution in [3.63, 3.8) is 0 Å². The van der Waals surface area contributed by atoms with Crippen LogP contribution in [0.3, 0.4) is 0 Å². The summed E-state index contributed by atoms with van der Waals surface area (Å²) in [6.45, 7) is 5.07. The SMILES string of the molecule is Cc1ccc(CNC(=O)CSCC(=O)N2CCOCC2)cc1. The smallest absolute Gasteiger partial charge is 0.232 e. The van der Waals surface area contributed by atoms with Crippen LogP contribution < -0.4 is 5.32 Å². The van der Waals surface area contributed by atoms with E-state index in [1.165, 1.54) is 17.3 Å². The van der Waals surface area contributed by atoms with Gasteiger partial charge in [0.15, 0.2) is 0 Å². The number of hydrogen-bond acceptors (Lipinski definition) is 4. The third-order valence-corrected chi connectivity index (χ3v) is 4.35. The Kier molecular flexibility index (Phi) is 6.74. The summed E-state index contributed by atoms with van der Waals surface area (Å²) >= 11 is 1.36. The standard InChI is InChI=1S/C16H22N2O3S/c1-13-2-4-14(5-3-13)10-17-15(19)11-22-12-16(20)18-6-8-21-9-7-18/h2-5H,6-12H2,1H3,(H,17,19). The fourth-order valence-electron chi connectivity index (χ4n) is 2.09. The van der Waals surface area contributed by atoms with E-state index in [-0.39, 0.29) is 11.8 Å². The van der Waals surface area contributed by atoms with E-state index in [0.29, 0.717) is 44.4 Å². The van der Waals surface area contributed by atoms with Crippen molar-refractivity contribution in [2.75, 3.05) is 37.8 Å². The van der Waals surface area contributed by atoms with E-state index < -0.39 is 0 Å². The van der Waals surface area contributed by atoms with Gasteiger partial charge >= 0.3 is 0 Å². The van der Waals surface area contributed by atoms with Gasteiger partial charge in [-0.05, 0) is 12.5 Å². The number of nitrogens with zero attached hydrogens (tertiary/aromatic N) is 1. The van der Waals surface area contributed by atoms with E-state index in [0.717, 1.165) is 5.56 Å². The summed E-state index contributed by atoms with van der Waals surface area (Å²) in [7, 11) is 0. The molecule has 0 atom stereocenters. The van der Waals surface area contributed by atoms with Crippen LogP contribution in [0.5, 0.6) is 0 Å². The molecule has 1 fully saturated rings. The Balaban J connectivity index is 1.61. The van der Waals surface area contributed by atoms with E-state index in [1.54, 1.807) is 4.90 Å². The lowest BCUT2D eigenvalue weighted by Gasteiger charge is -2.26. The Morgan fingerprint density at radius 3 is 2.55 bits per heavy atom. The Morgan fingerprint density at radius 1 is 1.18 bits per heavy atom. The minimum atomic E-state index is -0.0413. The molecule has 2 rings (SSSR count). The van der Waals surface area contributed by atoms with Gasteiger partial charge in [-0.1, -0.05) is 29.8 Å². The molecule has 1 aromatic rings. The Labute approximate surface area is 135 Å². The van der Waals surface area contributed by atoms with Crippen LogP contribution in [0.25, 0.3) is 0 Å². The molecule has 0 aliphatic carbocycles. The molecule has 1 saturated heterocycles. The largest absolute Gasteiger partial charge is 0.378 e. The maximum absolute atomic E-state index is 11.9. The van der Waals surface area contributed by atoms with Crippen LogP contribution in [0.1, 0.15) is 11.1 Å². The lowest BCUT2D eigenvalue weighted by molar-refractivity contribution is -0.132. The minimum Gasteiger partial charge on any atom is -0.378 e. The highest BCUT2D eigenvalue weighted by atomic mass is 32.2. The van der Waals surface area contributed by atoms with Crippen molar-refractivity contribution in [3.8, 4) is 0 Å². The maximum atomic E-state index is 11.9. The Morgan fingerprint density at radius 2 is 1.86 bits per heavy atom. The quantitative estimate of drug-likeness (QED) is 0.855. The fraction of sp³-hybridized carbons (Fsp3) is 0.500. The van der Waals surface area contributed by atoms with Crippen molar-refractivity contribution in [2.24, 2.45) is 0 Å².